The van der Waals surface area contributed by atoms with Crippen LogP contribution in [0.15, 0.2) is 41.8 Å². The minimum atomic E-state index is 0.0263. The van der Waals surface area contributed by atoms with Crippen molar-refractivity contribution in [2.75, 3.05) is 25.0 Å². The maximum Gasteiger partial charge on any atom is 0.321 e. The second-order valence-corrected chi connectivity index (χ2v) is 7.60. The van der Waals surface area contributed by atoms with Crippen molar-refractivity contribution in [2.45, 2.75) is 31.8 Å². The van der Waals surface area contributed by atoms with E-state index in [1.54, 1.807) is 4.88 Å². The number of nitrogens with zero attached hydrogens (tertiary/aromatic N) is 2. The van der Waals surface area contributed by atoms with Crippen molar-refractivity contribution in [3.05, 3.63) is 52.2 Å². The molecule has 4 rings (SSSR count). The van der Waals surface area contributed by atoms with E-state index in [0.29, 0.717) is 6.04 Å². The molecule has 24 heavy (non-hydrogen) atoms. The van der Waals surface area contributed by atoms with Gasteiger partial charge >= 0.3 is 6.03 Å². The monoisotopic (exact) mass is 341 g/mol. The Hall–Kier alpha value is -1.85. The molecule has 2 aliphatic heterocycles. The molecule has 1 fully saturated rings. The molecule has 4 nitrogen and oxygen atoms in total. The van der Waals surface area contributed by atoms with Crippen molar-refractivity contribution in [1.29, 1.82) is 0 Å². The molecule has 1 aromatic carbocycles. The average molecular weight is 341 g/mol. The van der Waals surface area contributed by atoms with Gasteiger partial charge in [0, 0.05) is 42.8 Å². The number of carbonyl (C=O) groups is 1. The molecule has 0 atom stereocenters. The predicted octanol–water partition coefficient (Wildman–Crippen LogP) is 3.80. The van der Waals surface area contributed by atoms with Crippen molar-refractivity contribution in [3.8, 4) is 0 Å². The molecule has 2 aliphatic rings. The minimum Gasteiger partial charge on any atom is -0.324 e. The summed E-state index contributed by atoms with van der Waals surface area (Å²) in [6.07, 6.45) is 3.32. The van der Waals surface area contributed by atoms with Crippen LogP contribution >= 0.6 is 11.3 Å². The number of urea groups is 1. The summed E-state index contributed by atoms with van der Waals surface area (Å²) in [5.41, 5.74) is 2.38. The van der Waals surface area contributed by atoms with Crippen LogP contribution in [0.3, 0.4) is 0 Å². The number of rotatable bonds is 2. The first kappa shape index (κ1) is 15.7. The maximum atomic E-state index is 12.4. The van der Waals surface area contributed by atoms with Crippen molar-refractivity contribution in [3.63, 3.8) is 0 Å². The van der Waals surface area contributed by atoms with Gasteiger partial charge in [0.2, 0.25) is 0 Å². The smallest absolute Gasteiger partial charge is 0.321 e. The van der Waals surface area contributed by atoms with Crippen LogP contribution in [0.2, 0.25) is 0 Å². The summed E-state index contributed by atoms with van der Waals surface area (Å²) in [5, 5.41) is 5.20. The maximum absolute atomic E-state index is 12.4. The van der Waals surface area contributed by atoms with Crippen LogP contribution < -0.4 is 5.32 Å². The molecule has 5 heteroatoms. The lowest BCUT2D eigenvalue weighted by molar-refractivity contribution is 0.111. The fraction of sp³-hybridized carbons (Fsp3) is 0.421. The van der Waals surface area contributed by atoms with E-state index in [-0.39, 0.29) is 6.03 Å². The summed E-state index contributed by atoms with van der Waals surface area (Å²) in [6, 6.07) is 12.6. The quantitative estimate of drug-likeness (QED) is 0.902. The first-order chi connectivity index (χ1) is 11.8. The standard InChI is InChI=1S/C19H23N3OS/c23-19(20-16-4-2-1-3-5-16)21-10-6-17(7-11-21)22-12-8-18-15(14-22)9-13-24-18/h1-5,9,13,17H,6-8,10-12,14H2,(H,20,23). The zero-order valence-corrected chi connectivity index (χ0v) is 14.6. The molecular formula is C19H23N3OS. The zero-order chi connectivity index (χ0) is 16.4. The molecule has 0 spiro atoms. The van der Waals surface area contributed by atoms with Crippen LogP contribution in [0, 0.1) is 0 Å². The third-order valence-corrected chi connectivity index (χ3v) is 6.15. The number of fused-ring (bicyclic) bond motifs is 1. The van der Waals surface area contributed by atoms with Crippen LogP contribution in [0.1, 0.15) is 23.3 Å². The van der Waals surface area contributed by atoms with Crippen LogP contribution in [0.5, 0.6) is 0 Å². The van der Waals surface area contributed by atoms with Gasteiger partial charge in [0.15, 0.2) is 0 Å². The van der Waals surface area contributed by atoms with Gasteiger partial charge in [-0.1, -0.05) is 18.2 Å². The topological polar surface area (TPSA) is 35.6 Å². The lowest BCUT2D eigenvalue weighted by Gasteiger charge is -2.40. The summed E-state index contributed by atoms with van der Waals surface area (Å²) in [6.45, 7) is 3.93. The van der Waals surface area contributed by atoms with E-state index in [1.165, 1.54) is 12.0 Å². The third kappa shape index (κ3) is 3.32. The molecule has 1 aromatic heterocycles. The van der Waals surface area contributed by atoms with Gasteiger partial charge in [-0.05, 0) is 48.4 Å². The number of hydrogen-bond donors (Lipinski definition) is 1. The third-order valence-electron chi connectivity index (χ3n) is 5.13. The second kappa shape index (κ2) is 6.95. The van der Waals surface area contributed by atoms with E-state index >= 15 is 0 Å². The molecule has 3 heterocycles. The Kier molecular flexibility index (Phi) is 4.54. The van der Waals surface area contributed by atoms with Crippen LogP contribution in [0.4, 0.5) is 10.5 Å². The Labute approximate surface area is 147 Å². The Balaban J connectivity index is 1.30. The van der Waals surface area contributed by atoms with Crippen LogP contribution in [-0.4, -0.2) is 41.5 Å². The summed E-state index contributed by atoms with van der Waals surface area (Å²) >= 11 is 1.89. The molecule has 0 aliphatic carbocycles. The summed E-state index contributed by atoms with van der Waals surface area (Å²) < 4.78 is 0. The van der Waals surface area contributed by atoms with E-state index < -0.39 is 0 Å². The fourth-order valence-electron chi connectivity index (χ4n) is 3.74. The number of hydrogen-bond acceptors (Lipinski definition) is 3. The zero-order valence-electron chi connectivity index (χ0n) is 13.8. The highest BCUT2D eigenvalue weighted by molar-refractivity contribution is 7.10. The highest BCUT2D eigenvalue weighted by atomic mass is 32.1. The molecule has 0 bridgehead atoms. The number of amides is 2. The average Bonchev–Trinajstić information content (AvgIpc) is 3.10. The van der Waals surface area contributed by atoms with Crippen molar-refractivity contribution < 1.29 is 4.79 Å². The van der Waals surface area contributed by atoms with Crippen LogP contribution in [-0.2, 0) is 13.0 Å². The molecule has 1 saturated heterocycles. The number of carbonyl (C=O) groups excluding carboxylic acids is 1. The van der Waals surface area contributed by atoms with E-state index in [0.717, 1.165) is 44.7 Å². The molecular weight excluding hydrogens is 318 g/mol. The fourth-order valence-corrected chi connectivity index (χ4v) is 4.63. The number of likely N-dealkylation sites (tertiary alicyclic amines) is 1. The van der Waals surface area contributed by atoms with E-state index in [4.69, 9.17) is 0 Å². The number of anilines is 1. The Bertz CT molecular complexity index is 692. The predicted molar refractivity (Wildman–Crippen MR) is 98.5 cm³/mol. The lowest BCUT2D eigenvalue weighted by Crippen LogP contribution is -2.48. The molecule has 2 amide bonds. The van der Waals surface area contributed by atoms with Gasteiger partial charge in [-0.2, -0.15) is 0 Å². The van der Waals surface area contributed by atoms with Gasteiger partial charge in [-0.25, -0.2) is 4.79 Å². The first-order valence-corrected chi connectivity index (χ1v) is 9.58. The second-order valence-electron chi connectivity index (χ2n) is 6.60. The number of thiophene rings is 1. The number of nitrogens with one attached hydrogen (secondary N) is 1. The molecule has 126 valence electrons. The largest absolute Gasteiger partial charge is 0.324 e. The number of piperidine rings is 1. The van der Waals surface area contributed by atoms with Crippen molar-refractivity contribution in [1.82, 2.24) is 9.80 Å². The number of para-hydroxylation sites is 1. The van der Waals surface area contributed by atoms with Gasteiger partial charge in [-0.3, -0.25) is 4.90 Å². The van der Waals surface area contributed by atoms with Gasteiger partial charge in [-0.15, -0.1) is 11.3 Å². The van der Waals surface area contributed by atoms with Gasteiger partial charge in [0.05, 0.1) is 0 Å². The normalized spacial score (nSPS) is 19.1. The molecule has 0 saturated carbocycles. The molecule has 1 N–H and O–H groups in total. The highest BCUT2D eigenvalue weighted by Crippen LogP contribution is 2.28. The Morgan fingerprint density at radius 3 is 2.67 bits per heavy atom. The summed E-state index contributed by atoms with van der Waals surface area (Å²) in [4.78, 5) is 18.5. The van der Waals surface area contributed by atoms with E-state index in [2.05, 4.69) is 21.7 Å². The van der Waals surface area contributed by atoms with Gasteiger partial charge < -0.3 is 10.2 Å². The van der Waals surface area contributed by atoms with E-state index in [9.17, 15) is 4.79 Å². The Morgan fingerprint density at radius 2 is 1.88 bits per heavy atom. The molecule has 2 aromatic rings. The summed E-state index contributed by atoms with van der Waals surface area (Å²) in [7, 11) is 0. The summed E-state index contributed by atoms with van der Waals surface area (Å²) in [5.74, 6) is 0. The Morgan fingerprint density at radius 1 is 1.08 bits per heavy atom. The van der Waals surface area contributed by atoms with Crippen LogP contribution in [0.25, 0.3) is 0 Å². The first-order valence-electron chi connectivity index (χ1n) is 8.70. The van der Waals surface area contributed by atoms with Crippen molar-refractivity contribution >= 4 is 23.1 Å². The van der Waals surface area contributed by atoms with Crippen molar-refractivity contribution in [2.24, 2.45) is 0 Å². The SMILES string of the molecule is O=C(Nc1ccccc1)N1CCC(N2CCc3sccc3C2)CC1. The van der Waals surface area contributed by atoms with Gasteiger partial charge in [0.1, 0.15) is 0 Å². The van der Waals surface area contributed by atoms with E-state index in [1.807, 2.05) is 46.6 Å². The molecule has 0 radical (unpaired) electrons. The van der Waals surface area contributed by atoms with Gasteiger partial charge in [0.25, 0.3) is 0 Å². The highest BCUT2D eigenvalue weighted by Gasteiger charge is 2.29. The minimum absolute atomic E-state index is 0.0263. The lowest BCUT2D eigenvalue weighted by atomic mass is 10.00. The molecule has 0 unspecified atom stereocenters. The number of benzene rings is 1.